The lowest BCUT2D eigenvalue weighted by molar-refractivity contribution is -0.129. The molecule has 4 aliphatic carbocycles. The van der Waals surface area contributed by atoms with Crippen LogP contribution in [-0.2, 0) is 14.3 Å². The predicted molar refractivity (Wildman–Crippen MR) is 161 cm³/mol. The van der Waals surface area contributed by atoms with E-state index >= 15 is 0 Å². The maximum absolute atomic E-state index is 14.5. The number of ether oxygens (including phenoxy) is 1. The molecule has 8 rings (SSSR count). The molecule has 2 aliphatic heterocycles. The molecule has 5 fully saturated rings. The lowest BCUT2D eigenvalue weighted by atomic mass is 9.49. The number of hydrogen-bond donors (Lipinski definition) is 2. The number of carbonyl (C=O) groups is 3. The first-order valence-corrected chi connectivity index (χ1v) is 15.6. The van der Waals surface area contributed by atoms with Crippen LogP contribution in [0.5, 0.6) is 0 Å². The zero-order valence-corrected chi connectivity index (χ0v) is 24.2. The van der Waals surface area contributed by atoms with Crippen LogP contribution in [0.3, 0.4) is 0 Å². The molecule has 2 N–H and O–H groups in total. The number of nitrogens with zero attached hydrogens (tertiary/aromatic N) is 3. The number of urea groups is 1. The Morgan fingerprint density at radius 3 is 2.00 bits per heavy atom. The van der Waals surface area contributed by atoms with Crippen molar-refractivity contribution in [3.05, 3.63) is 54.6 Å². The number of anilines is 3. The Hall–Kier alpha value is -3.43. The van der Waals surface area contributed by atoms with Crippen molar-refractivity contribution in [2.45, 2.75) is 44.6 Å². The molecule has 2 aromatic rings. The predicted octanol–water partition coefficient (Wildman–Crippen LogP) is 4.11. The van der Waals surface area contributed by atoms with Crippen LogP contribution in [0.15, 0.2) is 54.6 Å². The molecule has 6 aliphatic rings. The molecule has 2 aromatic carbocycles. The van der Waals surface area contributed by atoms with Gasteiger partial charge in [0.2, 0.25) is 0 Å². The number of fused-ring (bicyclic) bond motifs is 1. The van der Waals surface area contributed by atoms with Crippen LogP contribution in [0.25, 0.3) is 0 Å². The van der Waals surface area contributed by atoms with Crippen molar-refractivity contribution in [2.24, 2.45) is 23.2 Å². The molecule has 2 heterocycles. The molecule has 0 unspecified atom stereocenters. The fourth-order valence-electron chi connectivity index (χ4n) is 8.80. The maximum Gasteiger partial charge on any atom is 0.320 e. The third kappa shape index (κ3) is 5.40. The normalized spacial score (nSPS) is 30.7. The summed E-state index contributed by atoms with van der Waals surface area (Å²) in [6.45, 7) is 4.64. The summed E-state index contributed by atoms with van der Waals surface area (Å²) in [5.74, 6) is 1.49. The highest BCUT2D eigenvalue weighted by Gasteiger charge is 2.53. The van der Waals surface area contributed by atoms with E-state index in [0.29, 0.717) is 38.5 Å². The Kier molecular flexibility index (Phi) is 7.40. The van der Waals surface area contributed by atoms with Gasteiger partial charge in [-0.25, -0.2) is 4.79 Å². The van der Waals surface area contributed by atoms with E-state index in [1.165, 1.54) is 19.3 Å². The number of para-hydroxylation sites is 3. The Labute approximate surface area is 247 Å². The zero-order chi connectivity index (χ0) is 28.7. The van der Waals surface area contributed by atoms with Crippen LogP contribution < -0.4 is 20.4 Å². The Balaban J connectivity index is 1.21. The number of hydrogen-bond acceptors (Lipinski definition) is 5. The molecular formula is C33H41N5O4. The molecule has 9 heteroatoms. The smallest absolute Gasteiger partial charge is 0.320 e. The van der Waals surface area contributed by atoms with Gasteiger partial charge in [-0.2, -0.15) is 0 Å². The first-order chi connectivity index (χ1) is 20.5. The topological polar surface area (TPSA) is 94.2 Å². The lowest BCUT2D eigenvalue weighted by Gasteiger charge is -2.57. The van der Waals surface area contributed by atoms with E-state index < -0.39 is 18.0 Å². The minimum Gasteiger partial charge on any atom is -0.379 e. The van der Waals surface area contributed by atoms with Crippen LogP contribution in [0, 0.1) is 23.2 Å². The van der Waals surface area contributed by atoms with Gasteiger partial charge in [-0.15, -0.1) is 0 Å². The first kappa shape index (κ1) is 27.4. The van der Waals surface area contributed by atoms with Crippen molar-refractivity contribution in [3.8, 4) is 0 Å². The molecule has 0 radical (unpaired) electrons. The van der Waals surface area contributed by atoms with Gasteiger partial charge < -0.3 is 25.2 Å². The minimum atomic E-state index is -1.32. The molecule has 42 heavy (non-hydrogen) atoms. The van der Waals surface area contributed by atoms with Crippen LogP contribution in [0.2, 0.25) is 0 Å². The quantitative estimate of drug-likeness (QED) is 0.488. The van der Waals surface area contributed by atoms with Crippen molar-refractivity contribution >= 4 is 34.9 Å². The average molecular weight is 572 g/mol. The number of nitrogens with one attached hydrogen (secondary N) is 2. The van der Waals surface area contributed by atoms with E-state index in [1.807, 2.05) is 47.4 Å². The van der Waals surface area contributed by atoms with Gasteiger partial charge in [0, 0.05) is 38.4 Å². The molecule has 222 valence electrons. The van der Waals surface area contributed by atoms with Crippen LogP contribution in [0.4, 0.5) is 21.9 Å². The summed E-state index contributed by atoms with van der Waals surface area (Å²) in [5.41, 5.74) is 2.17. The van der Waals surface area contributed by atoms with Gasteiger partial charge in [-0.05, 0) is 86.0 Å². The van der Waals surface area contributed by atoms with Gasteiger partial charge in [-0.1, -0.05) is 30.3 Å². The summed E-state index contributed by atoms with van der Waals surface area (Å²) < 4.78 is 5.51. The highest BCUT2D eigenvalue weighted by molar-refractivity contribution is 6.21. The fraction of sp³-hybridized carbons (Fsp3) is 0.545. The standard InChI is InChI=1S/C33H41N5O4/c39-30-29(35-32(41)34-26-6-2-1-3-7-26)31(40)38(22-33-19-23-16-24(20-33)18-25(17-23)21-33)28-9-5-4-8-27(28)37(30)11-10-36-12-14-42-15-13-36/h1-9,23-25,29H,10-22H2,(H2,34,35,41)/t23?,24?,25?,29-,33?/m1/s1. The molecule has 0 aromatic heterocycles. The van der Waals surface area contributed by atoms with Gasteiger partial charge in [0.15, 0.2) is 6.04 Å². The lowest BCUT2D eigenvalue weighted by Crippen LogP contribution is -2.59. The molecule has 1 saturated heterocycles. The van der Waals surface area contributed by atoms with Crippen molar-refractivity contribution in [2.75, 3.05) is 61.1 Å². The second kappa shape index (κ2) is 11.3. The second-order valence-electron chi connectivity index (χ2n) is 13.2. The number of rotatable bonds is 7. The molecular weight excluding hydrogens is 530 g/mol. The van der Waals surface area contributed by atoms with Crippen LogP contribution in [0.1, 0.15) is 38.5 Å². The summed E-state index contributed by atoms with van der Waals surface area (Å²) >= 11 is 0. The zero-order valence-electron chi connectivity index (χ0n) is 24.2. The van der Waals surface area contributed by atoms with Crippen molar-refractivity contribution in [1.29, 1.82) is 0 Å². The van der Waals surface area contributed by atoms with E-state index in [0.717, 1.165) is 61.5 Å². The molecule has 4 bridgehead atoms. The number of benzene rings is 2. The van der Waals surface area contributed by atoms with Crippen molar-refractivity contribution in [1.82, 2.24) is 10.2 Å². The van der Waals surface area contributed by atoms with Gasteiger partial charge in [0.1, 0.15) is 0 Å². The molecule has 4 amide bonds. The third-order valence-electron chi connectivity index (χ3n) is 10.2. The molecule has 4 saturated carbocycles. The average Bonchev–Trinajstić information content (AvgIpc) is 3.06. The first-order valence-electron chi connectivity index (χ1n) is 15.6. The van der Waals surface area contributed by atoms with E-state index in [2.05, 4.69) is 15.5 Å². The molecule has 0 spiro atoms. The largest absolute Gasteiger partial charge is 0.379 e. The van der Waals surface area contributed by atoms with E-state index in [1.54, 1.807) is 17.0 Å². The van der Waals surface area contributed by atoms with Gasteiger partial charge in [0.05, 0.1) is 24.6 Å². The van der Waals surface area contributed by atoms with Gasteiger partial charge in [0.25, 0.3) is 11.8 Å². The van der Waals surface area contributed by atoms with Crippen molar-refractivity contribution in [3.63, 3.8) is 0 Å². The summed E-state index contributed by atoms with van der Waals surface area (Å²) in [6.07, 6.45) is 7.40. The monoisotopic (exact) mass is 571 g/mol. The van der Waals surface area contributed by atoms with Gasteiger partial charge >= 0.3 is 6.03 Å². The summed E-state index contributed by atoms with van der Waals surface area (Å²) in [4.78, 5) is 47.8. The van der Waals surface area contributed by atoms with E-state index in [4.69, 9.17) is 4.74 Å². The number of amides is 4. The Bertz CT molecular complexity index is 1290. The third-order valence-corrected chi connectivity index (χ3v) is 10.2. The van der Waals surface area contributed by atoms with Crippen LogP contribution >= 0.6 is 0 Å². The summed E-state index contributed by atoms with van der Waals surface area (Å²) in [7, 11) is 0. The highest BCUT2D eigenvalue weighted by atomic mass is 16.5. The summed E-state index contributed by atoms with van der Waals surface area (Å²) in [6, 6.07) is 15.0. The van der Waals surface area contributed by atoms with E-state index in [-0.39, 0.29) is 11.3 Å². The fourth-order valence-corrected chi connectivity index (χ4v) is 8.80. The SMILES string of the molecule is O=C(Nc1ccccc1)N[C@@H]1C(=O)N(CCN2CCOCC2)c2ccccc2N(CC23CC4CC(CC(C4)C2)C3)C1=O. The number of carbonyl (C=O) groups excluding carboxylic acids is 3. The highest BCUT2D eigenvalue weighted by Crippen LogP contribution is 2.60. The molecule has 9 nitrogen and oxygen atoms in total. The summed E-state index contributed by atoms with van der Waals surface area (Å²) in [5, 5.41) is 5.58. The van der Waals surface area contributed by atoms with E-state index in [9.17, 15) is 14.4 Å². The Morgan fingerprint density at radius 1 is 0.786 bits per heavy atom. The maximum atomic E-state index is 14.5. The second-order valence-corrected chi connectivity index (χ2v) is 13.2. The number of morpholine rings is 1. The van der Waals surface area contributed by atoms with Crippen LogP contribution in [-0.4, -0.2) is 74.7 Å². The van der Waals surface area contributed by atoms with Crippen molar-refractivity contribution < 1.29 is 19.1 Å². The van der Waals surface area contributed by atoms with Gasteiger partial charge in [-0.3, -0.25) is 14.5 Å². The minimum absolute atomic E-state index is 0.0698. The Morgan fingerprint density at radius 2 is 1.36 bits per heavy atom. The molecule has 1 atom stereocenters.